The van der Waals surface area contributed by atoms with E-state index in [1.54, 1.807) is 4.90 Å². The summed E-state index contributed by atoms with van der Waals surface area (Å²) in [6, 6.07) is 10.1. The lowest BCUT2D eigenvalue weighted by molar-refractivity contribution is -0.133. The molecule has 1 aliphatic rings. The molecule has 1 unspecified atom stereocenters. The van der Waals surface area contributed by atoms with E-state index in [4.69, 9.17) is 0 Å². The molecule has 0 spiro atoms. The number of amides is 2. The first-order valence-corrected chi connectivity index (χ1v) is 8.93. The minimum absolute atomic E-state index is 0.0476. The summed E-state index contributed by atoms with van der Waals surface area (Å²) in [4.78, 5) is 32.1. The van der Waals surface area contributed by atoms with Crippen LogP contribution in [0.3, 0.4) is 0 Å². The van der Waals surface area contributed by atoms with Gasteiger partial charge in [-0.2, -0.15) is 0 Å². The van der Waals surface area contributed by atoms with E-state index < -0.39 is 23.2 Å². The van der Waals surface area contributed by atoms with Crippen molar-refractivity contribution in [3.8, 4) is 0 Å². The molecule has 7 heteroatoms. The normalized spacial score (nSPS) is 17.7. The van der Waals surface area contributed by atoms with Crippen molar-refractivity contribution in [1.82, 2.24) is 14.8 Å². The zero-order valence-corrected chi connectivity index (χ0v) is 15.1. The first-order valence-electron chi connectivity index (χ1n) is 8.93. The van der Waals surface area contributed by atoms with E-state index in [1.807, 2.05) is 37.3 Å². The molecule has 0 saturated carbocycles. The van der Waals surface area contributed by atoms with E-state index in [-0.39, 0.29) is 31.5 Å². The van der Waals surface area contributed by atoms with Crippen molar-refractivity contribution in [2.45, 2.75) is 32.4 Å². The average molecular weight is 373 g/mol. The van der Waals surface area contributed by atoms with Gasteiger partial charge in [0.05, 0.1) is 6.20 Å². The molecule has 0 radical (unpaired) electrons. The summed E-state index contributed by atoms with van der Waals surface area (Å²) in [6.45, 7) is 2.87. The fourth-order valence-electron chi connectivity index (χ4n) is 3.28. The van der Waals surface area contributed by atoms with Gasteiger partial charge >= 0.3 is 0 Å². The number of carbonyl (C=O) groups excluding carboxylic acids is 2. The molecule has 1 fully saturated rings. The number of nitrogens with zero attached hydrogens (tertiary/aromatic N) is 3. The topological polar surface area (TPSA) is 53.5 Å². The average Bonchev–Trinajstić information content (AvgIpc) is 2.82. The van der Waals surface area contributed by atoms with Crippen LogP contribution in [0.25, 0.3) is 0 Å². The van der Waals surface area contributed by atoms with E-state index in [9.17, 15) is 18.4 Å². The molecule has 1 aromatic carbocycles. The summed E-state index contributed by atoms with van der Waals surface area (Å²) < 4.78 is 27.0. The quantitative estimate of drug-likeness (QED) is 0.828. The summed E-state index contributed by atoms with van der Waals surface area (Å²) in [7, 11) is 0. The Balaban J connectivity index is 1.80. The Labute approximate surface area is 156 Å². The fraction of sp³-hybridized carbons (Fsp3) is 0.350. The highest BCUT2D eigenvalue weighted by atomic mass is 19.1. The Morgan fingerprint density at radius 1 is 1.26 bits per heavy atom. The lowest BCUT2D eigenvalue weighted by Crippen LogP contribution is -2.44. The Morgan fingerprint density at radius 2 is 2.00 bits per heavy atom. The van der Waals surface area contributed by atoms with Crippen molar-refractivity contribution in [1.29, 1.82) is 0 Å². The van der Waals surface area contributed by atoms with Crippen LogP contribution in [-0.2, 0) is 11.3 Å². The molecule has 2 aromatic rings. The van der Waals surface area contributed by atoms with Gasteiger partial charge in [0.15, 0.2) is 11.5 Å². The Morgan fingerprint density at radius 3 is 2.67 bits per heavy atom. The molecule has 1 aliphatic heterocycles. The monoisotopic (exact) mass is 373 g/mol. The third-order valence-electron chi connectivity index (χ3n) is 4.75. The van der Waals surface area contributed by atoms with Crippen molar-refractivity contribution in [3.63, 3.8) is 0 Å². The molecule has 3 rings (SSSR count). The molecule has 1 saturated heterocycles. The van der Waals surface area contributed by atoms with Crippen LogP contribution < -0.4 is 0 Å². The van der Waals surface area contributed by atoms with Crippen LogP contribution in [0.15, 0.2) is 42.6 Å². The first kappa shape index (κ1) is 18.9. The molecule has 0 aliphatic carbocycles. The predicted octanol–water partition coefficient (Wildman–Crippen LogP) is 3.01. The van der Waals surface area contributed by atoms with Crippen LogP contribution >= 0.6 is 0 Å². The summed E-state index contributed by atoms with van der Waals surface area (Å²) in [5.41, 5.74) is 0.588. The smallest absolute Gasteiger partial charge is 0.275 e. The number of aromatic nitrogens is 1. The third kappa shape index (κ3) is 4.30. The highest BCUT2D eigenvalue weighted by Crippen LogP contribution is 2.19. The van der Waals surface area contributed by atoms with Crippen molar-refractivity contribution in [2.75, 3.05) is 13.1 Å². The lowest BCUT2D eigenvalue weighted by Gasteiger charge is -2.31. The molecule has 0 bridgehead atoms. The molecule has 1 atom stereocenters. The number of rotatable bonds is 4. The van der Waals surface area contributed by atoms with Gasteiger partial charge in [0.2, 0.25) is 5.91 Å². The molecule has 2 heterocycles. The SMILES string of the molecule is CCC1CN(C(=O)c2ncc(F)cc2F)CCC(=O)N1Cc1ccccc1. The van der Waals surface area contributed by atoms with Crippen LogP contribution in [0, 0.1) is 11.6 Å². The van der Waals surface area contributed by atoms with Crippen LogP contribution in [-0.4, -0.2) is 45.7 Å². The number of benzene rings is 1. The highest BCUT2D eigenvalue weighted by molar-refractivity contribution is 5.93. The molecule has 142 valence electrons. The summed E-state index contributed by atoms with van der Waals surface area (Å²) in [5, 5.41) is 0. The standard InChI is InChI=1S/C20H21F2N3O2/c1-2-16-13-24(20(27)19-17(22)10-15(21)11-23-19)9-8-18(26)25(16)12-14-6-4-3-5-7-14/h3-7,10-11,16H,2,8-9,12-13H2,1H3. The van der Waals surface area contributed by atoms with E-state index in [0.717, 1.165) is 11.8 Å². The summed E-state index contributed by atoms with van der Waals surface area (Å²) >= 11 is 0. The third-order valence-corrected chi connectivity index (χ3v) is 4.75. The van der Waals surface area contributed by atoms with Gasteiger partial charge in [0.1, 0.15) is 5.82 Å². The van der Waals surface area contributed by atoms with Gasteiger partial charge < -0.3 is 9.80 Å². The number of halogens is 2. The van der Waals surface area contributed by atoms with Gasteiger partial charge in [-0.05, 0) is 12.0 Å². The lowest BCUT2D eigenvalue weighted by atomic mass is 10.1. The van der Waals surface area contributed by atoms with E-state index in [1.165, 1.54) is 4.90 Å². The second-order valence-corrected chi connectivity index (χ2v) is 6.55. The number of pyridine rings is 1. The maximum Gasteiger partial charge on any atom is 0.275 e. The summed E-state index contributed by atoms with van der Waals surface area (Å²) in [6.07, 6.45) is 1.62. The Hall–Kier alpha value is -2.83. The molecule has 27 heavy (non-hydrogen) atoms. The number of carbonyl (C=O) groups is 2. The number of hydrogen-bond donors (Lipinski definition) is 0. The zero-order valence-electron chi connectivity index (χ0n) is 15.1. The van der Waals surface area contributed by atoms with Crippen LogP contribution in [0.5, 0.6) is 0 Å². The number of hydrogen-bond acceptors (Lipinski definition) is 3. The molecule has 1 aromatic heterocycles. The maximum absolute atomic E-state index is 13.9. The second kappa shape index (κ2) is 8.24. The van der Waals surface area contributed by atoms with Crippen LogP contribution in [0.4, 0.5) is 8.78 Å². The van der Waals surface area contributed by atoms with Gasteiger partial charge in [0, 0.05) is 38.2 Å². The minimum atomic E-state index is -0.996. The molecule has 5 nitrogen and oxygen atoms in total. The minimum Gasteiger partial charge on any atom is -0.335 e. The highest BCUT2D eigenvalue weighted by Gasteiger charge is 2.32. The first-order chi connectivity index (χ1) is 13.0. The van der Waals surface area contributed by atoms with Crippen molar-refractivity contribution in [2.24, 2.45) is 0 Å². The van der Waals surface area contributed by atoms with E-state index in [0.29, 0.717) is 19.0 Å². The van der Waals surface area contributed by atoms with E-state index in [2.05, 4.69) is 4.98 Å². The predicted molar refractivity (Wildman–Crippen MR) is 95.7 cm³/mol. The molecular formula is C20H21F2N3O2. The van der Waals surface area contributed by atoms with Crippen molar-refractivity contribution < 1.29 is 18.4 Å². The molecule has 2 amide bonds. The molecule has 0 N–H and O–H groups in total. The molecular weight excluding hydrogens is 352 g/mol. The maximum atomic E-state index is 13.9. The zero-order chi connectivity index (χ0) is 19.4. The second-order valence-electron chi connectivity index (χ2n) is 6.55. The Kier molecular flexibility index (Phi) is 5.78. The van der Waals surface area contributed by atoms with Gasteiger partial charge in [-0.15, -0.1) is 0 Å². The van der Waals surface area contributed by atoms with Crippen molar-refractivity contribution in [3.05, 3.63) is 65.5 Å². The Bertz CT molecular complexity index is 829. The van der Waals surface area contributed by atoms with Crippen LogP contribution in [0.2, 0.25) is 0 Å². The van der Waals surface area contributed by atoms with Crippen molar-refractivity contribution >= 4 is 11.8 Å². The van der Waals surface area contributed by atoms with Crippen LogP contribution in [0.1, 0.15) is 35.8 Å². The van der Waals surface area contributed by atoms with Gasteiger partial charge in [-0.25, -0.2) is 13.8 Å². The largest absolute Gasteiger partial charge is 0.335 e. The van der Waals surface area contributed by atoms with Gasteiger partial charge in [0.25, 0.3) is 5.91 Å². The van der Waals surface area contributed by atoms with Gasteiger partial charge in [-0.3, -0.25) is 9.59 Å². The summed E-state index contributed by atoms with van der Waals surface area (Å²) in [5.74, 6) is -2.51. The van der Waals surface area contributed by atoms with E-state index >= 15 is 0 Å². The fourth-order valence-corrected chi connectivity index (χ4v) is 3.28. The van der Waals surface area contributed by atoms with Gasteiger partial charge in [-0.1, -0.05) is 37.3 Å².